The second kappa shape index (κ2) is 5.11. The molecule has 110 valence electrons. The van der Waals surface area contributed by atoms with Crippen LogP contribution in [0.5, 0.6) is 0 Å². The number of benzene rings is 1. The normalized spacial score (nSPS) is 37.7. The summed E-state index contributed by atoms with van der Waals surface area (Å²) in [5.74, 6) is 0. The van der Waals surface area contributed by atoms with E-state index >= 15 is 0 Å². The van der Waals surface area contributed by atoms with Crippen LogP contribution in [0.1, 0.15) is 31.2 Å². The summed E-state index contributed by atoms with van der Waals surface area (Å²) in [6.45, 7) is 0.868. The first-order valence-corrected chi connectivity index (χ1v) is 7.49. The van der Waals surface area contributed by atoms with Gasteiger partial charge in [-0.05, 0) is 45.3 Å². The van der Waals surface area contributed by atoms with Crippen LogP contribution in [0.4, 0.5) is 0 Å². The van der Waals surface area contributed by atoms with Gasteiger partial charge >= 0.3 is 0 Å². The lowest BCUT2D eigenvalue weighted by Gasteiger charge is -2.49. The zero-order valence-corrected chi connectivity index (χ0v) is 12.4. The van der Waals surface area contributed by atoms with Crippen LogP contribution in [0, 0.1) is 0 Å². The van der Waals surface area contributed by atoms with E-state index in [0.717, 1.165) is 32.2 Å². The lowest BCUT2D eigenvalue weighted by Crippen LogP contribution is -2.54. The van der Waals surface area contributed by atoms with E-state index in [0.29, 0.717) is 0 Å². The molecule has 0 radical (unpaired) electrons. The van der Waals surface area contributed by atoms with Crippen LogP contribution < -0.4 is 10.6 Å². The summed E-state index contributed by atoms with van der Waals surface area (Å²) >= 11 is 0. The Morgan fingerprint density at radius 2 is 1.75 bits per heavy atom. The van der Waals surface area contributed by atoms with Gasteiger partial charge in [-0.25, -0.2) is 0 Å². The summed E-state index contributed by atoms with van der Waals surface area (Å²) in [4.78, 5) is 2.37. The van der Waals surface area contributed by atoms with Crippen molar-refractivity contribution in [3.8, 4) is 0 Å². The molecule has 0 bridgehead atoms. The Labute approximate surface area is 121 Å². The molecule has 1 unspecified atom stereocenters. The van der Waals surface area contributed by atoms with Crippen LogP contribution >= 0.6 is 0 Å². The largest absolute Gasteiger partial charge is 0.365 e. The lowest BCUT2D eigenvalue weighted by atomic mass is 9.69. The molecule has 1 aromatic rings. The Kier molecular flexibility index (Phi) is 3.58. The molecule has 1 saturated carbocycles. The van der Waals surface area contributed by atoms with Crippen molar-refractivity contribution in [2.75, 3.05) is 20.6 Å². The second-order valence-electron chi connectivity index (χ2n) is 6.50. The fourth-order valence-corrected chi connectivity index (χ4v) is 3.89. The van der Waals surface area contributed by atoms with Crippen molar-refractivity contribution in [3.63, 3.8) is 0 Å². The molecule has 20 heavy (non-hydrogen) atoms. The van der Waals surface area contributed by atoms with E-state index in [4.69, 9.17) is 0 Å². The third-order valence-corrected chi connectivity index (χ3v) is 5.28. The number of nitrogens with one attached hydrogen (secondary N) is 2. The summed E-state index contributed by atoms with van der Waals surface area (Å²) in [5.41, 5.74) is 1.61. The molecule has 1 spiro atoms. The molecule has 4 nitrogen and oxygen atoms in total. The Hall–Kier alpha value is -0.940. The molecule has 1 saturated heterocycles. The minimum atomic E-state index is -0.543. The molecular formula is C16H25N3O. The van der Waals surface area contributed by atoms with Crippen molar-refractivity contribution in [1.82, 2.24) is 15.5 Å². The zero-order valence-electron chi connectivity index (χ0n) is 12.4. The molecule has 1 aliphatic carbocycles. The van der Waals surface area contributed by atoms with Gasteiger partial charge in [0, 0.05) is 17.6 Å². The SMILES string of the molecule is CN(C)[C@]1(c2ccccc2)CC[C@@]2(CC1)CNC(O)N2. The van der Waals surface area contributed by atoms with Gasteiger partial charge in [0.1, 0.15) is 0 Å². The number of aliphatic hydroxyl groups is 1. The molecule has 1 heterocycles. The van der Waals surface area contributed by atoms with Gasteiger partial charge in [0.05, 0.1) is 0 Å². The molecule has 1 aliphatic heterocycles. The van der Waals surface area contributed by atoms with Gasteiger partial charge in [0.25, 0.3) is 0 Å². The molecule has 1 atom stereocenters. The zero-order chi connectivity index (χ0) is 14.2. The number of rotatable bonds is 2. The monoisotopic (exact) mass is 275 g/mol. The molecule has 2 fully saturated rings. The van der Waals surface area contributed by atoms with Crippen LogP contribution in [-0.2, 0) is 5.54 Å². The summed E-state index contributed by atoms with van der Waals surface area (Å²) < 4.78 is 0. The van der Waals surface area contributed by atoms with E-state index < -0.39 is 6.35 Å². The van der Waals surface area contributed by atoms with E-state index in [1.54, 1.807) is 0 Å². The maximum atomic E-state index is 9.67. The molecule has 1 aromatic carbocycles. The van der Waals surface area contributed by atoms with Gasteiger partial charge in [0.2, 0.25) is 0 Å². The third-order valence-electron chi connectivity index (χ3n) is 5.28. The quantitative estimate of drug-likeness (QED) is 0.760. The van der Waals surface area contributed by atoms with E-state index in [9.17, 15) is 5.11 Å². The van der Waals surface area contributed by atoms with E-state index in [-0.39, 0.29) is 11.1 Å². The maximum absolute atomic E-state index is 9.67. The number of hydrogen-bond acceptors (Lipinski definition) is 4. The first-order valence-electron chi connectivity index (χ1n) is 7.49. The molecule has 3 N–H and O–H groups in total. The highest BCUT2D eigenvalue weighted by Gasteiger charge is 2.47. The fourth-order valence-electron chi connectivity index (χ4n) is 3.89. The molecule has 0 aromatic heterocycles. The highest BCUT2D eigenvalue weighted by atomic mass is 16.3. The van der Waals surface area contributed by atoms with Crippen molar-refractivity contribution in [3.05, 3.63) is 35.9 Å². The summed E-state index contributed by atoms with van der Waals surface area (Å²) in [5, 5.41) is 16.1. The van der Waals surface area contributed by atoms with Crippen LogP contribution in [-0.4, -0.2) is 42.5 Å². The van der Waals surface area contributed by atoms with Gasteiger partial charge in [-0.3, -0.25) is 15.5 Å². The number of aliphatic hydroxyl groups excluding tert-OH is 1. The van der Waals surface area contributed by atoms with Crippen molar-refractivity contribution in [2.45, 2.75) is 43.1 Å². The predicted octanol–water partition coefficient (Wildman–Crippen LogP) is 1.22. The van der Waals surface area contributed by atoms with Gasteiger partial charge < -0.3 is 5.11 Å². The van der Waals surface area contributed by atoms with Gasteiger partial charge in [-0.1, -0.05) is 30.3 Å². The van der Waals surface area contributed by atoms with Crippen LogP contribution in [0.2, 0.25) is 0 Å². The van der Waals surface area contributed by atoms with E-state index in [2.05, 4.69) is 60.0 Å². The second-order valence-corrected chi connectivity index (χ2v) is 6.50. The van der Waals surface area contributed by atoms with Crippen LogP contribution in [0.15, 0.2) is 30.3 Å². The predicted molar refractivity (Wildman–Crippen MR) is 80.2 cm³/mol. The Morgan fingerprint density at radius 3 is 2.25 bits per heavy atom. The fraction of sp³-hybridized carbons (Fsp3) is 0.625. The summed E-state index contributed by atoms with van der Waals surface area (Å²) in [6.07, 6.45) is 3.86. The maximum Gasteiger partial charge on any atom is 0.161 e. The standard InChI is InChI=1S/C16H25N3O/c1-19(2)16(13-6-4-3-5-7-13)10-8-15(9-11-16)12-17-14(20)18-15/h3-7,14,17-18,20H,8-12H2,1-2H3/t14?,15-,16-. The topological polar surface area (TPSA) is 47.5 Å². The molecule has 3 rings (SSSR count). The first kappa shape index (κ1) is 14.0. The minimum absolute atomic E-state index is 0.0771. The van der Waals surface area contributed by atoms with E-state index in [1.165, 1.54) is 5.56 Å². The Morgan fingerprint density at radius 1 is 1.10 bits per heavy atom. The Bertz CT molecular complexity index is 452. The Balaban J connectivity index is 1.82. The molecule has 0 amide bonds. The average Bonchev–Trinajstić information content (AvgIpc) is 2.82. The van der Waals surface area contributed by atoms with E-state index in [1.807, 2.05) is 0 Å². The van der Waals surface area contributed by atoms with Gasteiger partial charge in [-0.2, -0.15) is 0 Å². The van der Waals surface area contributed by atoms with Crippen molar-refractivity contribution >= 4 is 0 Å². The van der Waals surface area contributed by atoms with Crippen molar-refractivity contribution in [2.24, 2.45) is 0 Å². The molecule has 4 heteroatoms. The summed E-state index contributed by atoms with van der Waals surface area (Å²) in [7, 11) is 4.36. The van der Waals surface area contributed by atoms with Gasteiger partial charge in [-0.15, -0.1) is 0 Å². The van der Waals surface area contributed by atoms with Crippen molar-refractivity contribution in [1.29, 1.82) is 0 Å². The molecular weight excluding hydrogens is 250 g/mol. The van der Waals surface area contributed by atoms with Crippen LogP contribution in [0.25, 0.3) is 0 Å². The number of nitrogens with zero attached hydrogens (tertiary/aromatic N) is 1. The van der Waals surface area contributed by atoms with Gasteiger partial charge in [0.15, 0.2) is 6.35 Å². The molecule has 2 aliphatic rings. The van der Waals surface area contributed by atoms with Crippen molar-refractivity contribution < 1.29 is 5.11 Å². The van der Waals surface area contributed by atoms with Crippen LogP contribution in [0.3, 0.4) is 0 Å². The highest BCUT2D eigenvalue weighted by Crippen LogP contribution is 2.45. The summed E-state index contributed by atoms with van der Waals surface area (Å²) in [6, 6.07) is 10.8. The lowest BCUT2D eigenvalue weighted by molar-refractivity contribution is 0.0503. The number of hydrogen-bond donors (Lipinski definition) is 3. The average molecular weight is 275 g/mol. The minimum Gasteiger partial charge on any atom is -0.365 e. The smallest absolute Gasteiger partial charge is 0.161 e. The third kappa shape index (κ3) is 2.27. The first-order chi connectivity index (χ1) is 9.56. The highest BCUT2D eigenvalue weighted by molar-refractivity contribution is 5.26.